The molecule has 0 spiro atoms. The van der Waals surface area contributed by atoms with Crippen LogP contribution < -0.4 is 10.6 Å². The number of hydrogen-bond acceptors (Lipinski definition) is 4. The topological polar surface area (TPSA) is 37.0 Å². The minimum atomic E-state index is 0.524. The SMILES string of the molecule is Cc1csc(CNCC2Cc3ccccc3CN2)n1. The molecule has 0 saturated heterocycles. The molecule has 1 aromatic carbocycles. The summed E-state index contributed by atoms with van der Waals surface area (Å²) in [5.74, 6) is 0. The maximum Gasteiger partial charge on any atom is 0.107 e. The molecular weight excluding hydrogens is 254 g/mol. The van der Waals surface area contributed by atoms with E-state index in [1.54, 1.807) is 11.3 Å². The first kappa shape index (κ1) is 12.8. The van der Waals surface area contributed by atoms with Crippen LogP contribution in [0.1, 0.15) is 21.8 Å². The fraction of sp³-hybridized carbons (Fsp3) is 0.400. The summed E-state index contributed by atoms with van der Waals surface area (Å²) >= 11 is 1.73. The Kier molecular flexibility index (Phi) is 3.92. The molecule has 0 bridgehead atoms. The summed E-state index contributed by atoms with van der Waals surface area (Å²) in [6.07, 6.45) is 1.11. The van der Waals surface area contributed by atoms with E-state index in [9.17, 15) is 0 Å². The average molecular weight is 273 g/mol. The number of hydrogen-bond donors (Lipinski definition) is 2. The number of aromatic nitrogens is 1. The third kappa shape index (κ3) is 3.21. The lowest BCUT2D eigenvalue weighted by Crippen LogP contribution is -2.42. The van der Waals surface area contributed by atoms with Crippen LogP contribution in [-0.2, 0) is 19.5 Å². The van der Waals surface area contributed by atoms with Gasteiger partial charge < -0.3 is 10.6 Å². The van der Waals surface area contributed by atoms with Crippen LogP contribution in [-0.4, -0.2) is 17.6 Å². The van der Waals surface area contributed by atoms with E-state index in [-0.39, 0.29) is 0 Å². The fourth-order valence-electron chi connectivity index (χ4n) is 2.50. The zero-order valence-electron chi connectivity index (χ0n) is 11.1. The lowest BCUT2D eigenvalue weighted by molar-refractivity contribution is 0.447. The number of thiazole rings is 1. The highest BCUT2D eigenvalue weighted by molar-refractivity contribution is 7.09. The van der Waals surface area contributed by atoms with Crippen molar-refractivity contribution in [1.82, 2.24) is 15.6 Å². The first-order valence-electron chi connectivity index (χ1n) is 6.73. The van der Waals surface area contributed by atoms with Gasteiger partial charge in [0, 0.05) is 36.8 Å². The molecule has 1 aromatic heterocycles. The van der Waals surface area contributed by atoms with Crippen molar-refractivity contribution >= 4 is 11.3 Å². The summed E-state index contributed by atoms with van der Waals surface area (Å²) in [7, 11) is 0. The van der Waals surface area contributed by atoms with E-state index in [4.69, 9.17) is 0 Å². The molecule has 3 rings (SSSR count). The van der Waals surface area contributed by atoms with Crippen LogP contribution >= 0.6 is 11.3 Å². The van der Waals surface area contributed by atoms with Crippen LogP contribution in [0.5, 0.6) is 0 Å². The Balaban J connectivity index is 1.50. The molecule has 0 saturated carbocycles. The van der Waals surface area contributed by atoms with Crippen molar-refractivity contribution in [3.05, 3.63) is 51.5 Å². The highest BCUT2D eigenvalue weighted by atomic mass is 32.1. The zero-order valence-corrected chi connectivity index (χ0v) is 12.0. The van der Waals surface area contributed by atoms with E-state index < -0.39 is 0 Å². The third-order valence-corrected chi connectivity index (χ3v) is 4.47. The Hall–Kier alpha value is -1.23. The van der Waals surface area contributed by atoms with E-state index in [2.05, 4.69) is 45.3 Å². The van der Waals surface area contributed by atoms with Crippen molar-refractivity contribution in [2.75, 3.05) is 6.54 Å². The van der Waals surface area contributed by atoms with Gasteiger partial charge in [0.15, 0.2) is 0 Å². The largest absolute Gasteiger partial charge is 0.309 e. The predicted octanol–water partition coefficient (Wildman–Crippen LogP) is 2.26. The molecule has 0 fully saturated rings. The van der Waals surface area contributed by atoms with Crippen molar-refractivity contribution in [2.45, 2.75) is 32.5 Å². The molecule has 0 aliphatic carbocycles. The van der Waals surface area contributed by atoms with E-state index in [1.165, 1.54) is 16.1 Å². The van der Waals surface area contributed by atoms with Crippen molar-refractivity contribution in [1.29, 1.82) is 0 Å². The molecule has 3 nitrogen and oxygen atoms in total. The van der Waals surface area contributed by atoms with Gasteiger partial charge in [-0.15, -0.1) is 11.3 Å². The minimum absolute atomic E-state index is 0.524. The van der Waals surface area contributed by atoms with E-state index in [1.807, 2.05) is 6.92 Å². The van der Waals surface area contributed by atoms with Gasteiger partial charge >= 0.3 is 0 Å². The highest BCUT2D eigenvalue weighted by Gasteiger charge is 2.16. The third-order valence-electron chi connectivity index (χ3n) is 3.50. The Labute approximate surface area is 118 Å². The Morgan fingerprint density at radius 3 is 3.00 bits per heavy atom. The van der Waals surface area contributed by atoms with Crippen LogP contribution in [0.4, 0.5) is 0 Å². The van der Waals surface area contributed by atoms with Gasteiger partial charge in [-0.05, 0) is 24.5 Å². The summed E-state index contributed by atoms with van der Waals surface area (Å²) < 4.78 is 0. The van der Waals surface area contributed by atoms with Crippen LogP contribution in [0.3, 0.4) is 0 Å². The molecular formula is C15H19N3S. The maximum atomic E-state index is 4.46. The Morgan fingerprint density at radius 2 is 2.21 bits per heavy atom. The van der Waals surface area contributed by atoms with Crippen LogP contribution in [0, 0.1) is 6.92 Å². The molecule has 1 aliphatic heterocycles. The summed E-state index contributed by atoms with van der Waals surface area (Å²) in [6, 6.07) is 9.23. The quantitative estimate of drug-likeness (QED) is 0.897. The minimum Gasteiger partial charge on any atom is -0.309 e. The van der Waals surface area contributed by atoms with Crippen LogP contribution in [0.25, 0.3) is 0 Å². The van der Waals surface area contributed by atoms with Gasteiger partial charge in [-0.25, -0.2) is 4.98 Å². The summed E-state index contributed by atoms with van der Waals surface area (Å²) in [4.78, 5) is 4.46. The second kappa shape index (κ2) is 5.82. The first-order chi connectivity index (χ1) is 9.31. The molecule has 2 N–H and O–H groups in total. The number of nitrogens with one attached hydrogen (secondary N) is 2. The van der Waals surface area contributed by atoms with E-state index in [0.717, 1.165) is 31.7 Å². The highest BCUT2D eigenvalue weighted by Crippen LogP contribution is 2.16. The molecule has 2 aromatic rings. The molecule has 2 heterocycles. The summed E-state index contributed by atoms with van der Waals surface area (Å²) in [5, 5.41) is 10.4. The van der Waals surface area contributed by atoms with Gasteiger partial charge in [-0.1, -0.05) is 24.3 Å². The van der Waals surface area contributed by atoms with Gasteiger partial charge in [-0.3, -0.25) is 0 Å². The van der Waals surface area contributed by atoms with Crippen molar-refractivity contribution in [3.63, 3.8) is 0 Å². The summed E-state index contributed by atoms with van der Waals surface area (Å²) in [5.41, 5.74) is 4.04. The number of aryl methyl sites for hydroxylation is 1. The second-order valence-electron chi connectivity index (χ2n) is 5.06. The molecule has 1 unspecified atom stereocenters. The van der Waals surface area contributed by atoms with Crippen LogP contribution in [0.2, 0.25) is 0 Å². The smallest absolute Gasteiger partial charge is 0.107 e. The zero-order chi connectivity index (χ0) is 13.1. The lowest BCUT2D eigenvalue weighted by Gasteiger charge is -2.26. The van der Waals surface area contributed by atoms with E-state index in [0.29, 0.717) is 6.04 Å². The normalized spacial score (nSPS) is 18.3. The summed E-state index contributed by atoms with van der Waals surface area (Å²) in [6.45, 7) is 4.89. The second-order valence-corrected chi connectivity index (χ2v) is 6.01. The monoisotopic (exact) mass is 273 g/mol. The number of benzene rings is 1. The standard InChI is InChI=1S/C15H19N3S/c1-11-10-19-15(18-11)9-16-8-14-6-12-4-2-3-5-13(12)7-17-14/h2-5,10,14,16-17H,6-9H2,1H3. The van der Waals surface area contributed by atoms with Gasteiger partial charge in [0.1, 0.15) is 5.01 Å². The Morgan fingerprint density at radius 1 is 1.37 bits per heavy atom. The van der Waals surface area contributed by atoms with Gasteiger partial charge in [0.2, 0.25) is 0 Å². The number of nitrogens with zero attached hydrogens (tertiary/aromatic N) is 1. The fourth-order valence-corrected chi connectivity index (χ4v) is 3.24. The molecule has 1 aliphatic rings. The average Bonchev–Trinajstić information content (AvgIpc) is 2.84. The van der Waals surface area contributed by atoms with Gasteiger partial charge in [0.25, 0.3) is 0 Å². The first-order valence-corrected chi connectivity index (χ1v) is 7.61. The molecule has 0 amide bonds. The van der Waals surface area contributed by atoms with Gasteiger partial charge in [-0.2, -0.15) is 0 Å². The van der Waals surface area contributed by atoms with Crippen molar-refractivity contribution in [2.24, 2.45) is 0 Å². The number of rotatable bonds is 4. The van der Waals surface area contributed by atoms with Crippen molar-refractivity contribution < 1.29 is 0 Å². The molecule has 1 atom stereocenters. The Bertz CT molecular complexity index is 550. The molecule has 4 heteroatoms. The predicted molar refractivity (Wildman–Crippen MR) is 79.3 cm³/mol. The molecule has 19 heavy (non-hydrogen) atoms. The molecule has 0 radical (unpaired) electrons. The van der Waals surface area contributed by atoms with Gasteiger partial charge in [0.05, 0.1) is 0 Å². The molecule has 100 valence electrons. The number of fused-ring (bicyclic) bond motifs is 1. The lowest BCUT2D eigenvalue weighted by atomic mass is 9.96. The maximum absolute atomic E-state index is 4.46. The van der Waals surface area contributed by atoms with E-state index >= 15 is 0 Å². The van der Waals surface area contributed by atoms with Crippen LogP contribution in [0.15, 0.2) is 29.6 Å². The van der Waals surface area contributed by atoms with Crippen molar-refractivity contribution in [3.8, 4) is 0 Å².